The van der Waals surface area contributed by atoms with E-state index in [2.05, 4.69) is 36.4 Å². The number of rotatable bonds is 4. The third kappa shape index (κ3) is 4.36. The number of ether oxygens (including phenoxy) is 1. The second kappa shape index (κ2) is 7.65. The van der Waals surface area contributed by atoms with E-state index in [1.165, 1.54) is 6.20 Å². The van der Waals surface area contributed by atoms with Crippen LogP contribution < -0.4 is 5.32 Å². The van der Waals surface area contributed by atoms with Gasteiger partial charge in [0.15, 0.2) is 0 Å². The Morgan fingerprint density at radius 2 is 1.96 bits per heavy atom. The van der Waals surface area contributed by atoms with Crippen molar-refractivity contribution in [2.45, 2.75) is 6.61 Å². The zero-order chi connectivity index (χ0) is 16.8. The van der Waals surface area contributed by atoms with Gasteiger partial charge in [0, 0.05) is 10.0 Å². The summed E-state index contributed by atoms with van der Waals surface area (Å²) in [7, 11) is 0. The van der Waals surface area contributed by atoms with Crippen molar-refractivity contribution in [1.29, 1.82) is 0 Å². The molecule has 0 atom stereocenters. The number of nitrogens with zero attached hydrogens (tertiary/aromatic N) is 3. The van der Waals surface area contributed by atoms with Crippen LogP contribution in [-0.4, -0.2) is 21.3 Å². The number of hydrogen-bond donors (Lipinski definition) is 1. The lowest BCUT2D eigenvalue weighted by Gasteiger charge is -2.06. The molecule has 0 fully saturated rings. The Bertz CT molecular complexity index is 843. The molecule has 7 heteroatoms. The number of carbonyl (C=O) groups is 1. The Labute approximate surface area is 147 Å². The Kier molecular flexibility index (Phi) is 5.12. The second-order valence-electron chi connectivity index (χ2n) is 4.86. The van der Waals surface area contributed by atoms with E-state index in [1.54, 1.807) is 0 Å². The molecular formula is C17H13BrN4O2. The van der Waals surface area contributed by atoms with Crippen LogP contribution in [0.25, 0.3) is 11.3 Å². The molecule has 3 rings (SSSR count). The molecule has 0 radical (unpaired) electrons. The predicted octanol–water partition coefficient (Wildman–Crippen LogP) is 4.05. The largest absolute Gasteiger partial charge is 0.444 e. The summed E-state index contributed by atoms with van der Waals surface area (Å²) >= 11 is 3.41. The van der Waals surface area contributed by atoms with Crippen molar-refractivity contribution in [2.75, 3.05) is 5.32 Å². The molecule has 0 bridgehead atoms. The topological polar surface area (TPSA) is 77.0 Å². The first-order valence-corrected chi connectivity index (χ1v) is 7.93. The van der Waals surface area contributed by atoms with Crippen molar-refractivity contribution >= 4 is 28.0 Å². The van der Waals surface area contributed by atoms with E-state index in [9.17, 15) is 4.79 Å². The van der Waals surface area contributed by atoms with Gasteiger partial charge in [-0.05, 0) is 17.7 Å². The first-order chi connectivity index (χ1) is 11.7. The van der Waals surface area contributed by atoms with E-state index in [4.69, 9.17) is 4.74 Å². The van der Waals surface area contributed by atoms with Gasteiger partial charge >= 0.3 is 6.09 Å². The molecule has 1 amide bonds. The molecule has 3 aromatic rings. The van der Waals surface area contributed by atoms with Crippen molar-refractivity contribution in [1.82, 2.24) is 15.2 Å². The van der Waals surface area contributed by atoms with Crippen LogP contribution in [0.4, 0.5) is 10.7 Å². The first kappa shape index (κ1) is 16.1. The second-order valence-corrected chi connectivity index (χ2v) is 5.78. The first-order valence-electron chi connectivity index (χ1n) is 7.14. The van der Waals surface area contributed by atoms with Gasteiger partial charge in [-0.1, -0.05) is 58.4 Å². The van der Waals surface area contributed by atoms with E-state index in [1.807, 2.05) is 54.6 Å². The molecule has 0 aliphatic rings. The molecule has 0 spiro atoms. The standard InChI is InChI=1S/C17H13BrN4O2/c18-14-8-4-7-13(9-14)15-10-19-22-16(20-15)21-17(23)24-11-12-5-2-1-3-6-12/h1-10H,11H2,(H,20,21,22,23). The fraction of sp³-hybridized carbons (Fsp3) is 0.0588. The smallest absolute Gasteiger partial charge is 0.414 e. The van der Waals surface area contributed by atoms with E-state index in [0.717, 1.165) is 15.6 Å². The summed E-state index contributed by atoms with van der Waals surface area (Å²) in [6, 6.07) is 17.0. The fourth-order valence-electron chi connectivity index (χ4n) is 1.99. The molecule has 1 aromatic heterocycles. The molecule has 2 aromatic carbocycles. The average Bonchev–Trinajstić information content (AvgIpc) is 2.61. The molecule has 0 saturated carbocycles. The number of benzene rings is 2. The van der Waals surface area contributed by atoms with Gasteiger partial charge in [-0.2, -0.15) is 5.10 Å². The number of amides is 1. The number of hydrogen-bond acceptors (Lipinski definition) is 5. The molecule has 1 N–H and O–H groups in total. The Morgan fingerprint density at radius 1 is 1.12 bits per heavy atom. The molecule has 0 saturated heterocycles. The molecule has 0 unspecified atom stereocenters. The van der Waals surface area contributed by atoms with Crippen molar-refractivity contribution in [3.05, 3.63) is 70.8 Å². The number of aromatic nitrogens is 3. The van der Waals surface area contributed by atoms with Crippen LogP contribution in [0, 0.1) is 0 Å². The SMILES string of the molecule is O=C(Nc1nncc(-c2cccc(Br)c2)n1)OCc1ccccc1. The highest BCUT2D eigenvalue weighted by Gasteiger charge is 2.08. The maximum atomic E-state index is 11.8. The van der Waals surface area contributed by atoms with Crippen molar-refractivity contribution in [3.8, 4) is 11.3 Å². The lowest BCUT2D eigenvalue weighted by atomic mass is 10.2. The van der Waals surface area contributed by atoms with Gasteiger partial charge in [-0.3, -0.25) is 5.32 Å². The van der Waals surface area contributed by atoms with Crippen LogP contribution in [-0.2, 0) is 11.3 Å². The lowest BCUT2D eigenvalue weighted by Crippen LogP contribution is -2.16. The Morgan fingerprint density at radius 3 is 2.75 bits per heavy atom. The highest BCUT2D eigenvalue weighted by atomic mass is 79.9. The maximum Gasteiger partial charge on any atom is 0.414 e. The van der Waals surface area contributed by atoms with E-state index in [0.29, 0.717) is 5.69 Å². The Hall–Kier alpha value is -2.80. The van der Waals surface area contributed by atoms with Gasteiger partial charge < -0.3 is 4.74 Å². The minimum absolute atomic E-state index is 0.0885. The molecule has 6 nitrogen and oxygen atoms in total. The number of carbonyl (C=O) groups excluding carboxylic acids is 1. The summed E-state index contributed by atoms with van der Waals surface area (Å²) in [6.07, 6.45) is 0.898. The van der Waals surface area contributed by atoms with Crippen LogP contribution in [0.15, 0.2) is 65.3 Å². The van der Waals surface area contributed by atoms with Gasteiger partial charge in [0.1, 0.15) is 6.61 Å². The van der Waals surface area contributed by atoms with Crippen LogP contribution in [0.5, 0.6) is 0 Å². The highest BCUT2D eigenvalue weighted by Crippen LogP contribution is 2.21. The quantitative estimate of drug-likeness (QED) is 0.733. The van der Waals surface area contributed by atoms with E-state index >= 15 is 0 Å². The minimum atomic E-state index is -0.632. The zero-order valence-electron chi connectivity index (χ0n) is 12.5. The van der Waals surface area contributed by atoms with E-state index in [-0.39, 0.29) is 12.6 Å². The van der Waals surface area contributed by atoms with Crippen LogP contribution in [0.2, 0.25) is 0 Å². The molecule has 0 aliphatic carbocycles. The summed E-state index contributed by atoms with van der Waals surface area (Å²) in [5, 5.41) is 10.1. The maximum absolute atomic E-state index is 11.8. The van der Waals surface area contributed by atoms with Gasteiger partial charge in [-0.15, -0.1) is 5.10 Å². The number of halogens is 1. The summed E-state index contributed by atoms with van der Waals surface area (Å²) in [6.45, 7) is 0.172. The van der Waals surface area contributed by atoms with Gasteiger partial charge in [0.2, 0.25) is 0 Å². The average molecular weight is 385 g/mol. The summed E-state index contributed by atoms with van der Waals surface area (Å²) < 4.78 is 6.06. The van der Waals surface area contributed by atoms with Gasteiger partial charge in [0.25, 0.3) is 5.95 Å². The summed E-state index contributed by atoms with van der Waals surface area (Å²) in [4.78, 5) is 16.1. The minimum Gasteiger partial charge on any atom is -0.444 e. The normalized spacial score (nSPS) is 10.2. The number of anilines is 1. The predicted molar refractivity (Wildman–Crippen MR) is 93.2 cm³/mol. The summed E-state index contributed by atoms with van der Waals surface area (Å²) in [5.74, 6) is 0.0885. The van der Waals surface area contributed by atoms with Crippen molar-refractivity contribution in [3.63, 3.8) is 0 Å². The number of nitrogens with one attached hydrogen (secondary N) is 1. The van der Waals surface area contributed by atoms with Crippen molar-refractivity contribution in [2.24, 2.45) is 0 Å². The Balaban J connectivity index is 1.65. The monoisotopic (exact) mass is 384 g/mol. The van der Waals surface area contributed by atoms with Gasteiger partial charge in [-0.25, -0.2) is 9.78 Å². The highest BCUT2D eigenvalue weighted by molar-refractivity contribution is 9.10. The van der Waals surface area contributed by atoms with Crippen LogP contribution >= 0.6 is 15.9 Å². The molecule has 24 heavy (non-hydrogen) atoms. The zero-order valence-corrected chi connectivity index (χ0v) is 14.1. The molecule has 1 heterocycles. The molecule has 120 valence electrons. The molecular weight excluding hydrogens is 372 g/mol. The fourth-order valence-corrected chi connectivity index (χ4v) is 2.39. The molecule has 0 aliphatic heterocycles. The lowest BCUT2D eigenvalue weighted by molar-refractivity contribution is 0.155. The third-order valence-electron chi connectivity index (χ3n) is 3.11. The van der Waals surface area contributed by atoms with Crippen LogP contribution in [0.1, 0.15) is 5.56 Å². The summed E-state index contributed by atoms with van der Waals surface area (Å²) in [5.41, 5.74) is 2.36. The third-order valence-corrected chi connectivity index (χ3v) is 3.60. The van der Waals surface area contributed by atoms with Gasteiger partial charge in [0.05, 0.1) is 11.9 Å². The van der Waals surface area contributed by atoms with E-state index < -0.39 is 6.09 Å². The van der Waals surface area contributed by atoms with Crippen molar-refractivity contribution < 1.29 is 9.53 Å². The van der Waals surface area contributed by atoms with Crippen LogP contribution in [0.3, 0.4) is 0 Å².